The van der Waals surface area contributed by atoms with Crippen molar-refractivity contribution in [1.29, 1.82) is 0 Å². The lowest BCUT2D eigenvalue weighted by Crippen LogP contribution is -2.55. The van der Waals surface area contributed by atoms with E-state index in [1.54, 1.807) is 6.07 Å². The van der Waals surface area contributed by atoms with Crippen molar-refractivity contribution in [2.45, 2.75) is 52.2 Å². The molecule has 0 aromatic heterocycles. The van der Waals surface area contributed by atoms with E-state index in [1.807, 2.05) is 48.2 Å². The van der Waals surface area contributed by atoms with Crippen molar-refractivity contribution >= 4 is 17.5 Å². The highest BCUT2D eigenvalue weighted by atomic mass is 16.2. The first kappa shape index (κ1) is 19.5. The second-order valence-corrected chi connectivity index (χ2v) is 7.96. The fraction of sp³-hybridized carbons (Fsp3) is 0.417. The Labute approximate surface area is 172 Å². The van der Waals surface area contributed by atoms with Crippen LogP contribution in [0.15, 0.2) is 42.5 Å². The number of anilines is 1. The molecule has 0 spiro atoms. The van der Waals surface area contributed by atoms with Crippen LogP contribution in [-0.2, 0) is 6.54 Å². The predicted octanol–water partition coefficient (Wildman–Crippen LogP) is 4.11. The van der Waals surface area contributed by atoms with Crippen LogP contribution >= 0.6 is 0 Å². The molecular formula is C24H29N3O2. The van der Waals surface area contributed by atoms with Crippen molar-refractivity contribution in [3.05, 3.63) is 64.7 Å². The first-order valence-corrected chi connectivity index (χ1v) is 10.6. The number of amides is 2. The Kier molecular flexibility index (Phi) is 5.56. The zero-order valence-electron chi connectivity index (χ0n) is 17.3. The normalized spacial score (nSPS) is 18.7. The van der Waals surface area contributed by atoms with Crippen LogP contribution < -0.4 is 10.2 Å². The molecule has 2 heterocycles. The van der Waals surface area contributed by atoms with Crippen LogP contribution in [0.3, 0.4) is 0 Å². The van der Waals surface area contributed by atoms with Crippen molar-refractivity contribution in [3.63, 3.8) is 0 Å². The summed E-state index contributed by atoms with van der Waals surface area (Å²) >= 11 is 0. The van der Waals surface area contributed by atoms with E-state index >= 15 is 0 Å². The molecule has 2 aliphatic heterocycles. The van der Waals surface area contributed by atoms with Crippen LogP contribution in [0.2, 0.25) is 0 Å². The fourth-order valence-corrected chi connectivity index (χ4v) is 4.53. The van der Waals surface area contributed by atoms with Crippen LogP contribution in [0.4, 0.5) is 5.69 Å². The summed E-state index contributed by atoms with van der Waals surface area (Å²) in [5.41, 5.74) is 4.48. The predicted molar refractivity (Wildman–Crippen MR) is 115 cm³/mol. The summed E-state index contributed by atoms with van der Waals surface area (Å²) in [6.07, 6.45) is 4.46. The highest BCUT2D eigenvalue weighted by Gasteiger charge is 2.37. The summed E-state index contributed by atoms with van der Waals surface area (Å²) < 4.78 is 0. The number of nitrogens with zero attached hydrogens (tertiary/aromatic N) is 2. The molecule has 0 saturated carbocycles. The molecule has 2 amide bonds. The zero-order valence-corrected chi connectivity index (χ0v) is 17.3. The molecule has 2 aromatic rings. The quantitative estimate of drug-likeness (QED) is 0.853. The zero-order chi connectivity index (χ0) is 20.4. The monoisotopic (exact) mass is 391 g/mol. The summed E-state index contributed by atoms with van der Waals surface area (Å²) in [6.45, 7) is 6.29. The van der Waals surface area contributed by atoms with E-state index in [9.17, 15) is 9.59 Å². The fourth-order valence-electron chi connectivity index (χ4n) is 4.53. The molecule has 1 fully saturated rings. The van der Waals surface area contributed by atoms with Crippen LogP contribution in [0.25, 0.3) is 0 Å². The van der Waals surface area contributed by atoms with Crippen molar-refractivity contribution in [3.8, 4) is 0 Å². The maximum atomic E-state index is 13.1. The second kappa shape index (κ2) is 8.27. The Morgan fingerprint density at radius 2 is 1.97 bits per heavy atom. The van der Waals surface area contributed by atoms with Gasteiger partial charge in [-0.2, -0.15) is 0 Å². The lowest BCUT2D eigenvalue weighted by Gasteiger charge is -2.44. The van der Waals surface area contributed by atoms with Gasteiger partial charge < -0.3 is 15.1 Å². The van der Waals surface area contributed by atoms with Gasteiger partial charge in [-0.1, -0.05) is 30.7 Å². The summed E-state index contributed by atoms with van der Waals surface area (Å²) in [5, 5.41) is 3.02. The molecular weight excluding hydrogens is 362 g/mol. The number of rotatable bonds is 4. The van der Waals surface area contributed by atoms with E-state index in [1.165, 1.54) is 6.42 Å². The van der Waals surface area contributed by atoms with Gasteiger partial charge in [0.25, 0.3) is 11.8 Å². The molecule has 5 heteroatoms. The largest absolute Gasteiger partial charge is 0.351 e. The summed E-state index contributed by atoms with van der Waals surface area (Å²) in [7, 11) is 0. The molecule has 1 saturated heterocycles. The van der Waals surface area contributed by atoms with E-state index < -0.39 is 0 Å². The molecule has 2 aromatic carbocycles. The molecule has 29 heavy (non-hydrogen) atoms. The van der Waals surface area contributed by atoms with Gasteiger partial charge in [-0.3, -0.25) is 9.59 Å². The Bertz CT molecular complexity index is 924. The van der Waals surface area contributed by atoms with E-state index in [0.29, 0.717) is 17.7 Å². The maximum Gasteiger partial charge on any atom is 0.257 e. The molecule has 2 aliphatic rings. The van der Waals surface area contributed by atoms with E-state index in [2.05, 4.69) is 17.1 Å². The summed E-state index contributed by atoms with van der Waals surface area (Å²) in [4.78, 5) is 30.2. The van der Waals surface area contributed by atoms with Gasteiger partial charge in [-0.15, -0.1) is 0 Å². The molecule has 1 atom stereocenters. The molecule has 0 unspecified atom stereocenters. The van der Waals surface area contributed by atoms with Gasteiger partial charge >= 0.3 is 0 Å². The second-order valence-electron chi connectivity index (χ2n) is 7.96. The number of carbonyl (C=O) groups excluding carboxylic acids is 2. The van der Waals surface area contributed by atoms with Gasteiger partial charge in [0.2, 0.25) is 0 Å². The van der Waals surface area contributed by atoms with Crippen molar-refractivity contribution in [2.75, 3.05) is 18.0 Å². The topological polar surface area (TPSA) is 52.7 Å². The van der Waals surface area contributed by atoms with Gasteiger partial charge in [0.05, 0.1) is 11.3 Å². The van der Waals surface area contributed by atoms with Gasteiger partial charge in [0.1, 0.15) is 6.17 Å². The van der Waals surface area contributed by atoms with Crippen LogP contribution in [0.1, 0.15) is 64.4 Å². The third kappa shape index (κ3) is 3.74. The number of hydrogen-bond acceptors (Lipinski definition) is 3. The minimum absolute atomic E-state index is 0.100. The van der Waals surface area contributed by atoms with Gasteiger partial charge in [-0.25, -0.2) is 0 Å². The minimum Gasteiger partial charge on any atom is -0.351 e. The first-order chi connectivity index (χ1) is 14.1. The van der Waals surface area contributed by atoms with Crippen molar-refractivity contribution in [1.82, 2.24) is 10.2 Å². The van der Waals surface area contributed by atoms with E-state index in [-0.39, 0.29) is 18.0 Å². The maximum absolute atomic E-state index is 13.1. The molecule has 0 aliphatic carbocycles. The lowest BCUT2D eigenvalue weighted by molar-refractivity contribution is 0.0656. The number of benzene rings is 2. The number of nitrogens with one attached hydrogen (secondary N) is 1. The smallest absolute Gasteiger partial charge is 0.257 e. The number of hydrogen-bond donors (Lipinski definition) is 1. The van der Waals surface area contributed by atoms with Crippen molar-refractivity contribution in [2.24, 2.45) is 0 Å². The highest BCUT2D eigenvalue weighted by Crippen LogP contribution is 2.35. The average Bonchev–Trinajstić information content (AvgIpc) is 2.99. The number of carbonyl (C=O) groups is 2. The summed E-state index contributed by atoms with van der Waals surface area (Å²) in [6, 6.07) is 13.5. The third-order valence-electron chi connectivity index (χ3n) is 6.18. The molecule has 0 radical (unpaired) electrons. The number of fused-ring (bicyclic) bond motifs is 2. The average molecular weight is 392 g/mol. The van der Waals surface area contributed by atoms with Gasteiger partial charge in [0.15, 0.2) is 0 Å². The molecule has 0 bridgehead atoms. The first-order valence-electron chi connectivity index (χ1n) is 10.6. The van der Waals surface area contributed by atoms with E-state index in [0.717, 1.165) is 49.2 Å². The van der Waals surface area contributed by atoms with Crippen LogP contribution in [-0.4, -0.2) is 36.0 Å². The van der Waals surface area contributed by atoms with Gasteiger partial charge in [0, 0.05) is 25.2 Å². The molecule has 1 N–H and O–H groups in total. The molecule has 5 nitrogen and oxygen atoms in total. The number of aryl methyl sites for hydroxylation is 1. The SMILES string of the molecule is CCN1c2cc(C(=O)NCc3ccccc3C)ccc2C(=O)N2CCCCC[C@@H]21. The van der Waals surface area contributed by atoms with Crippen LogP contribution in [0.5, 0.6) is 0 Å². The Hall–Kier alpha value is -2.82. The van der Waals surface area contributed by atoms with E-state index in [4.69, 9.17) is 0 Å². The summed E-state index contributed by atoms with van der Waals surface area (Å²) in [5.74, 6) is -0.00804. The van der Waals surface area contributed by atoms with Gasteiger partial charge in [-0.05, 0) is 62.4 Å². The van der Waals surface area contributed by atoms with Crippen molar-refractivity contribution < 1.29 is 9.59 Å². The Balaban J connectivity index is 1.59. The molecule has 152 valence electrons. The Morgan fingerprint density at radius 1 is 1.14 bits per heavy atom. The molecule has 4 rings (SSSR count). The lowest BCUT2D eigenvalue weighted by atomic mass is 10.0. The minimum atomic E-state index is -0.108. The highest BCUT2D eigenvalue weighted by molar-refractivity contribution is 6.04. The Morgan fingerprint density at radius 3 is 2.76 bits per heavy atom. The third-order valence-corrected chi connectivity index (χ3v) is 6.18. The standard InChI is InChI=1S/C24H29N3O2/c1-3-26-21-15-18(23(28)25-16-19-10-7-6-9-17(19)2)12-13-20(21)24(29)27-14-8-4-5-11-22(26)27/h6-7,9-10,12-13,15,22H,3-5,8,11,14,16H2,1-2H3,(H,25,28)/t22-/m1/s1. The van der Waals surface area contributed by atoms with Crippen LogP contribution in [0, 0.1) is 6.92 Å².